The van der Waals surface area contributed by atoms with Crippen molar-refractivity contribution < 1.29 is 19.0 Å². The zero-order chi connectivity index (χ0) is 21.6. The van der Waals surface area contributed by atoms with E-state index < -0.39 is 0 Å². The minimum absolute atomic E-state index is 0.0672. The highest BCUT2D eigenvalue weighted by molar-refractivity contribution is 7.99. The number of ether oxygens (including phenoxy) is 3. The number of tetrazole rings is 1. The molecule has 2 aliphatic rings. The summed E-state index contributed by atoms with van der Waals surface area (Å²) in [6, 6.07) is 5.76. The Bertz CT molecular complexity index is 884. The molecule has 0 radical (unpaired) electrons. The van der Waals surface area contributed by atoms with Gasteiger partial charge in [-0.05, 0) is 46.9 Å². The van der Waals surface area contributed by atoms with E-state index in [0.717, 1.165) is 42.9 Å². The van der Waals surface area contributed by atoms with Crippen molar-refractivity contribution in [3.63, 3.8) is 0 Å². The van der Waals surface area contributed by atoms with Crippen LogP contribution in [-0.4, -0.2) is 57.8 Å². The van der Waals surface area contributed by atoms with E-state index in [4.69, 9.17) is 14.2 Å². The summed E-state index contributed by atoms with van der Waals surface area (Å²) in [5.74, 6) is 1.87. The predicted octanol–water partition coefficient (Wildman–Crippen LogP) is 2.62. The standard InChI is InChI=1S/C21H29N5O4S/c1-14(2)20(15-6-7-17-18(11-15)30-10-4-9-29-17)22-19(27)13-31-21-23-24-25-26(21)12-16-5-3-8-28-16/h6-7,11,14,16,20H,3-5,8-10,12-13H2,1-2H3,(H,22,27)/t16-,20-/m1/s1. The number of thioether (sulfide) groups is 1. The van der Waals surface area contributed by atoms with E-state index in [1.807, 2.05) is 18.2 Å². The van der Waals surface area contributed by atoms with Crippen LogP contribution in [0.3, 0.4) is 0 Å². The normalized spacial score (nSPS) is 19.3. The maximum absolute atomic E-state index is 12.7. The summed E-state index contributed by atoms with van der Waals surface area (Å²) in [4.78, 5) is 12.7. The number of carbonyl (C=O) groups excluding carboxylic acids is 1. The summed E-state index contributed by atoms with van der Waals surface area (Å²) >= 11 is 1.33. The highest BCUT2D eigenvalue weighted by Crippen LogP contribution is 2.34. The van der Waals surface area contributed by atoms with Crippen molar-refractivity contribution >= 4 is 17.7 Å². The van der Waals surface area contributed by atoms with Gasteiger partial charge in [0.15, 0.2) is 11.5 Å². The molecule has 0 unspecified atom stereocenters. The third-order valence-electron chi connectivity index (χ3n) is 5.35. The average Bonchev–Trinajstić information content (AvgIpc) is 3.37. The molecule has 0 saturated carbocycles. The lowest BCUT2D eigenvalue weighted by atomic mass is 9.95. The Kier molecular flexibility index (Phi) is 7.29. The van der Waals surface area contributed by atoms with Gasteiger partial charge in [0.1, 0.15) is 0 Å². The fourth-order valence-electron chi connectivity index (χ4n) is 3.75. The van der Waals surface area contributed by atoms with E-state index in [1.54, 1.807) is 4.68 Å². The molecule has 168 valence electrons. The van der Waals surface area contributed by atoms with Crippen LogP contribution in [0.5, 0.6) is 11.5 Å². The van der Waals surface area contributed by atoms with Gasteiger partial charge in [-0.25, -0.2) is 4.68 Å². The first-order valence-electron chi connectivity index (χ1n) is 10.8. The van der Waals surface area contributed by atoms with E-state index >= 15 is 0 Å². The SMILES string of the molecule is CC(C)[C@@H](NC(=O)CSc1nnnn1C[C@H]1CCCO1)c1ccc2c(c1)OCCCO2. The molecule has 1 amide bonds. The number of carbonyl (C=O) groups is 1. The fraction of sp³-hybridized carbons (Fsp3) is 0.619. The molecule has 31 heavy (non-hydrogen) atoms. The fourth-order valence-corrected chi connectivity index (χ4v) is 4.45. The molecule has 0 spiro atoms. The Morgan fingerprint density at radius 1 is 1.23 bits per heavy atom. The van der Waals surface area contributed by atoms with Crippen LogP contribution in [-0.2, 0) is 16.1 Å². The number of hydrogen-bond donors (Lipinski definition) is 1. The van der Waals surface area contributed by atoms with Gasteiger partial charge in [-0.15, -0.1) is 5.10 Å². The van der Waals surface area contributed by atoms with Crippen molar-refractivity contribution in [2.45, 2.75) is 57.0 Å². The molecule has 0 bridgehead atoms. The zero-order valence-corrected chi connectivity index (χ0v) is 18.8. The molecule has 4 rings (SSSR count). The molecule has 1 saturated heterocycles. The minimum atomic E-state index is -0.131. The summed E-state index contributed by atoms with van der Waals surface area (Å²) in [6.45, 7) is 6.86. The number of rotatable bonds is 8. The summed E-state index contributed by atoms with van der Waals surface area (Å²) in [5.41, 5.74) is 1.00. The van der Waals surface area contributed by atoms with Crippen molar-refractivity contribution in [3.05, 3.63) is 23.8 Å². The van der Waals surface area contributed by atoms with Crippen LogP contribution in [0.1, 0.15) is 44.7 Å². The van der Waals surface area contributed by atoms with E-state index in [9.17, 15) is 4.79 Å². The second kappa shape index (κ2) is 10.3. The molecule has 3 heterocycles. The summed E-state index contributed by atoms with van der Waals surface area (Å²) in [5, 5.41) is 15.6. The Morgan fingerprint density at radius 3 is 2.84 bits per heavy atom. The lowest BCUT2D eigenvalue weighted by Gasteiger charge is -2.24. The Morgan fingerprint density at radius 2 is 2.06 bits per heavy atom. The second-order valence-corrected chi connectivity index (χ2v) is 9.06. The van der Waals surface area contributed by atoms with Gasteiger partial charge in [-0.1, -0.05) is 31.7 Å². The van der Waals surface area contributed by atoms with Gasteiger partial charge in [-0.2, -0.15) is 0 Å². The van der Waals surface area contributed by atoms with Gasteiger partial charge in [0.05, 0.1) is 37.7 Å². The van der Waals surface area contributed by atoms with Crippen molar-refractivity contribution in [2.24, 2.45) is 5.92 Å². The molecule has 2 aromatic rings. The van der Waals surface area contributed by atoms with E-state index in [2.05, 4.69) is 34.7 Å². The van der Waals surface area contributed by atoms with Crippen LogP contribution in [0.25, 0.3) is 0 Å². The predicted molar refractivity (Wildman–Crippen MR) is 115 cm³/mol. The highest BCUT2D eigenvalue weighted by Gasteiger charge is 2.23. The first-order valence-corrected chi connectivity index (χ1v) is 11.8. The van der Waals surface area contributed by atoms with Gasteiger partial charge in [-0.3, -0.25) is 4.79 Å². The quantitative estimate of drug-likeness (QED) is 0.617. The van der Waals surface area contributed by atoms with E-state index in [0.29, 0.717) is 24.9 Å². The Labute approximate surface area is 186 Å². The number of hydrogen-bond acceptors (Lipinski definition) is 8. The molecular formula is C21H29N5O4S. The van der Waals surface area contributed by atoms with Crippen molar-refractivity contribution in [1.82, 2.24) is 25.5 Å². The first-order chi connectivity index (χ1) is 15.1. The monoisotopic (exact) mass is 447 g/mol. The second-order valence-electron chi connectivity index (χ2n) is 8.11. The van der Waals surface area contributed by atoms with Gasteiger partial charge in [0, 0.05) is 13.0 Å². The van der Waals surface area contributed by atoms with Gasteiger partial charge >= 0.3 is 0 Å². The number of fused-ring (bicyclic) bond motifs is 1. The largest absolute Gasteiger partial charge is 0.490 e. The molecule has 2 aliphatic heterocycles. The number of aromatic nitrogens is 4. The molecule has 2 atom stereocenters. The number of nitrogens with one attached hydrogen (secondary N) is 1. The molecular weight excluding hydrogens is 418 g/mol. The van der Waals surface area contributed by atoms with Crippen molar-refractivity contribution in [2.75, 3.05) is 25.6 Å². The number of benzene rings is 1. The van der Waals surface area contributed by atoms with Crippen LogP contribution in [0.15, 0.2) is 23.4 Å². The summed E-state index contributed by atoms with van der Waals surface area (Å²) in [7, 11) is 0. The smallest absolute Gasteiger partial charge is 0.230 e. The lowest BCUT2D eigenvalue weighted by molar-refractivity contribution is -0.119. The Balaban J connectivity index is 1.36. The topological polar surface area (TPSA) is 100 Å². The third kappa shape index (κ3) is 5.68. The van der Waals surface area contributed by atoms with Crippen LogP contribution in [0.4, 0.5) is 0 Å². The van der Waals surface area contributed by atoms with Gasteiger partial charge in [0.2, 0.25) is 11.1 Å². The third-order valence-corrected chi connectivity index (χ3v) is 6.30. The molecule has 0 aliphatic carbocycles. The maximum atomic E-state index is 12.7. The summed E-state index contributed by atoms with van der Waals surface area (Å²) in [6.07, 6.45) is 3.07. The van der Waals surface area contributed by atoms with Crippen LogP contribution in [0, 0.1) is 5.92 Å². The number of amides is 1. The number of nitrogens with zero attached hydrogens (tertiary/aromatic N) is 4. The van der Waals surface area contributed by atoms with Crippen LogP contribution >= 0.6 is 11.8 Å². The van der Waals surface area contributed by atoms with Gasteiger partial charge < -0.3 is 19.5 Å². The highest BCUT2D eigenvalue weighted by atomic mass is 32.2. The molecule has 9 nitrogen and oxygen atoms in total. The molecule has 1 aromatic carbocycles. The lowest BCUT2D eigenvalue weighted by Crippen LogP contribution is -2.33. The average molecular weight is 448 g/mol. The van der Waals surface area contributed by atoms with Gasteiger partial charge in [0.25, 0.3) is 0 Å². The van der Waals surface area contributed by atoms with Crippen LogP contribution < -0.4 is 14.8 Å². The van der Waals surface area contributed by atoms with E-state index in [1.165, 1.54) is 11.8 Å². The zero-order valence-electron chi connectivity index (χ0n) is 18.0. The van der Waals surface area contributed by atoms with Crippen molar-refractivity contribution in [3.8, 4) is 11.5 Å². The minimum Gasteiger partial charge on any atom is -0.490 e. The van der Waals surface area contributed by atoms with Crippen molar-refractivity contribution in [1.29, 1.82) is 0 Å². The summed E-state index contributed by atoms with van der Waals surface area (Å²) < 4.78 is 18.9. The maximum Gasteiger partial charge on any atom is 0.230 e. The molecule has 1 N–H and O–H groups in total. The van der Waals surface area contributed by atoms with Crippen LogP contribution in [0.2, 0.25) is 0 Å². The Hall–Kier alpha value is -2.33. The molecule has 1 aromatic heterocycles. The molecule has 1 fully saturated rings. The first kappa shape index (κ1) is 21.9. The van der Waals surface area contributed by atoms with E-state index in [-0.39, 0.29) is 29.7 Å². The molecule has 10 heteroatoms.